The van der Waals surface area contributed by atoms with Crippen LogP contribution in [0.15, 0.2) is 69.8 Å². The van der Waals surface area contributed by atoms with Gasteiger partial charge in [0, 0.05) is 34.3 Å². The number of hydrogen-bond donors (Lipinski definition) is 1. The number of Topliss-reactive ketones (excluding diaryl/α,β-unsaturated/α-hetero) is 1. The van der Waals surface area contributed by atoms with Crippen LogP contribution in [0.4, 0.5) is 11.4 Å². The van der Waals surface area contributed by atoms with E-state index in [0.29, 0.717) is 5.56 Å². The monoisotopic (exact) mass is 430 g/mol. The molecule has 0 fully saturated rings. The summed E-state index contributed by atoms with van der Waals surface area (Å²) in [7, 11) is 0. The van der Waals surface area contributed by atoms with Gasteiger partial charge in [-0.2, -0.15) is 11.3 Å². The van der Waals surface area contributed by atoms with Crippen LogP contribution in [0.25, 0.3) is 0 Å². The van der Waals surface area contributed by atoms with Crippen molar-refractivity contribution in [1.82, 2.24) is 0 Å². The molecule has 0 saturated heterocycles. The van der Waals surface area contributed by atoms with Gasteiger partial charge in [-0.05, 0) is 46.7 Å². The number of carbonyl (C=O) groups excluding carboxylic acids is 1. The summed E-state index contributed by atoms with van der Waals surface area (Å²) in [6, 6.07) is 15.3. The molecule has 1 aromatic heterocycles. The third kappa shape index (κ3) is 4.56. The molecule has 0 aliphatic rings. The molecule has 0 aliphatic heterocycles. The summed E-state index contributed by atoms with van der Waals surface area (Å²) in [4.78, 5) is 23.0. The Morgan fingerprint density at radius 1 is 1.19 bits per heavy atom. The molecule has 5 nitrogen and oxygen atoms in total. The average molecular weight is 431 g/mol. The Morgan fingerprint density at radius 3 is 2.58 bits per heavy atom. The topological polar surface area (TPSA) is 72.2 Å². The quantitative estimate of drug-likeness (QED) is 0.290. The molecular formula is C19H15BrN2O3S. The van der Waals surface area contributed by atoms with Crippen LogP contribution in [0.1, 0.15) is 28.4 Å². The van der Waals surface area contributed by atoms with E-state index in [1.54, 1.807) is 35.6 Å². The maximum Gasteiger partial charge on any atom is 0.269 e. The second-order valence-corrected chi connectivity index (χ2v) is 7.39. The number of non-ortho nitro benzene ring substituents is 1. The molecule has 1 N–H and O–H groups in total. The highest BCUT2D eigenvalue weighted by molar-refractivity contribution is 9.10. The number of carbonyl (C=O) groups is 1. The average Bonchev–Trinajstić information content (AvgIpc) is 3.16. The third-order valence-corrected chi connectivity index (χ3v) is 5.10. The molecule has 132 valence electrons. The first-order valence-corrected chi connectivity index (χ1v) is 9.58. The maximum absolute atomic E-state index is 12.7. The smallest absolute Gasteiger partial charge is 0.269 e. The molecule has 0 spiro atoms. The van der Waals surface area contributed by atoms with E-state index in [0.717, 1.165) is 15.7 Å². The van der Waals surface area contributed by atoms with Crippen LogP contribution in [0.5, 0.6) is 0 Å². The Morgan fingerprint density at radius 2 is 1.96 bits per heavy atom. The minimum Gasteiger partial charge on any atom is -0.378 e. The number of benzene rings is 2. The Kier molecular flexibility index (Phi) is 5.80. The summed E-state index contributed by atoms with van der Waals surface area (Å²) < 4.78 is 0.860. The standard InChI is InChI=1S/C19H15BrN2O3S/c20-15-3-1-2-13(10-15)19(23)11-18(14-8-9-26-12-14)21-16-4-6-17(7-5-16)22(24)25/h1-10,12,18,21H,11H2. The van der Waals surface area contributed by atoms with E-state index in [1.807, 2.05) is 29.0 Å². The second kappa shape index (κ2) is 8.25. The third-order valence-electron chi connectivity index (χ3n) is 3.90. The first-order chi connectivity index (χ1) is 12.5. The van der Waals surface area contributed by atoms with Crippen molar-refractivity contribution in [1.29, 1.82) is 0 Å². The van der Waals surface area contributed by atoms with Crippen molar-refractivity contribution in [3.05, 3.63) is 91.1 Å². The van der Waals surface area contributed by atoms with Crippen molar-refractivity contribution in [3.8, 4) is 0 Å². The van der Waals surface area contributed by atoms with E-state index in [9.17, 15) is 14.9 Å². The van der Waals surface area contributed by atoms with Crippen LogP contribution in [-0.2, 0) is 0 Å². The molecule has 0 saturated carbocycles. The van der Waals surface area contributed by atoms with E-state index in [4.69, 9.17) is 0 Å². The van der Waals surface area contributed by atoms with Gasteiger partial charge in [0.05, 0.1) is 11.0 Å². The lowest BCUT2D eigenvalue weighted by atomic mass is 9.99. The Bertz CT molecular complexity index is 911. The molecule has 3 rings (SSSR count). The van der Waals surface area contributed by atoms with Gasteiger partial charge in [-0.15, -0.1) is 0 Å². The number of nitrogens with zero attached hydrogens (tertiary/aromatic N) is 1. The molecular weight excluding hydrogens is 416 g/mol. The zero-order chi connectivity index (χ0) is 18.5. The Balaban J connectivity index is 1.79. The first kappa shape index (κ1) is 18.3. The number of thiophene rings is 1. The van der Waals surface area contributed by atoms with Crippen molar-refractivity contribution >= 4 is 44.4 Å². The number of rotatable bonds is 7. The fourth-order valence-electron chi connectivity index (χ4n) is 2.57. The van der Waals surface area contributed by atoms with Gasteiger partial charge in [-0.25, -0.2) is 0 Å². The van der Waals surface area contributed by atoms with E-state index in [1.165, 1.54) is 12.1 Å². The summed E-state index contributed by atoms with van der Waals surface area (Å²) in [5, 5.41) is 18.1. The van der Waals surface area contributed by atoms with E-state index in [2.05, 4.69) is 21.2 Å². The highest BCUT2D eigenvalue weighted by Gasteiger charge is 2.18. The Labute approximate surface area is 163 Å². The lowest BCUT2D eigenvalue weighted by Crippen LogP contribution is -2.15. The molecule has 7 heteroatoms. The number of nitro groups is 1. The molecule has 2 aromatic carbocycles. The van der Waals surface area contributed by atoms with Crippen LogP contribution < -0.4 is 5.32 Å². The number of hydrogen-bond acceptors (Lipinski definition) is 5. The molecule has 1 atom stereocenters. The summed E-state index contributed by atoms with van der Waals surface area (Å²) in [5.74, 6) is 0.0249. The SMILES string of the molecule is O=C(CC(Nc1ccc([N+](=O)[O-])cc1)c1ccsc1)c1cccc(Br)c1. The summed E-state index contributed by atoms with van der Waals surface area (Å²) in [5.41, 5.74) is 2.42. The fraction of sp³-hybridized carbons (Fsp3) is 0.105. The lowest BCUT2D eigenvalue weighted by Gasteiger charge is -2.19. The molecule has 1 unspecified atom stereocenters. The molecule has 0 amide bonds. The van der Waals surface area contributed by atoms with Crippen LogP contribution in [0.3, 0.4) is 0 Å². The lowest BCUT2D eigenvalue weighted by molar-refractivity contribution is -0.384. The van der Waals surface area contributed by atoms with Crippen molar-refractivity contribution in [2.24, 2.45) is 0 Å². The molecule has 26 heavy (non-hydrogen) atoms. The predicted molar refractivity (Wildman–Crippen MR) is 107 cm³/mol. The maximum atomic E-state index is 12.7. The van der Waals surface area contributed by atoms with Gasteiger partial charge in [0.25, 0.3) is 5.69 Å². The number of nitrogens with one attached hydrogen (secondary N) is 1. The van der Waals surface area contributed by atoms with Gasteiger partial charge < -0.3 is 5.32 Å². The van der Waals surface area contributed by atoms with Gasteiger partial charge in [-0.3, -0.25) is 14.9 Å². The number of ketones is 1. The largest absolute Gasteiger partial charge is 0.378 e. The minimum atomic E-state index is -0.434. The van der Waals surface area contributed by atoms with Gasteiger partial charge in [-0.1, -0.05) is 28.1 Å². The molecule has 1 heterocycles. The predicted octanol–water partition coefficient (Wildman–Crippen LogP) is 5.85. The van der Waals surface area contributed by atoms with E-state index in [-0.39, 0.29) is 23.9 Å². The highest BCUT2D eigenvalue weighted by atomic mass is 79.9. The summed E-state index contributed by atoms with van der Waals surface area (Å²) >= 11 is 4.95. The van der Waals surface area contributed by atoms with Crippen LogP contribution in [-0.4, -0.2) is 10.7 Å². The van der Waals surface area contributed by atoms with Gasteiger partial charge in [0.15, 0.2) is 5.78 Å². The number of halogens is 1. The van der Waals surface area contributed by atoms with Crippen molar-refractivity contribution in [3.63, 3.8) is 0 Å². The molecule has 0 radical (unpaired) electrons. The molecule has 0 bridgehead atoms. The Hall–Kier alpha value is -2.51. The zero-order valence-corrected chi connectivity index (χ0v) is 16.0. The van der Waals surface area contributed by atoms with Gasteiger partial charge in [0.1, 0.15) is 0 Å². The normalized spacial score (nSPS) is 11.7. The number of anilines is 1. The highest BCUT2D eigenvalue weighted by Crippen LogP contribution is 2.27. The van der Waals surface area contributed by atoms with Gasteiger partial charge >= 0.3 is 0 Å². The van der Waals surface area contributed by atoms with Crippen LogP contribution >= 0.6 is 27.3 Å². The van der Waals surface area contributed by atoms with Crippen molar-refractivity contribution in [2.75, 3.05) is 5.32 Å². The van der Waals surface area contributed by atoms with Crippen molar-refractivity contribution < 1.29 is 9.72 Å². The van der Waals surface area contributed by atoms with E-state index >= 15 is 0 Å². The zero-order valence-electron chi connectivity index (χ0n) is 13.6. The summed E-state index contributed by atoms with van der Waals surface area (Å²) in [6.07, 6.45) is 0.282. The van der Waals surface area contributed by atoms with E-state index < -0.39 is 4.92 Å². The first-order valence-electron chi connectivity index (χ1n) is 7.85. The van der Waals surface area contributed by atoms with Gasteiger partial charge in [0.2, 0.25) is 0 Å². The van der Waals surface area contributed by atoms with Crippen LogP contribution in [0, 0.1) is 10.1 Å². The molecule has 3 aromatic rings. The second-order valence-electron chi connectivity index (χ2n) is 5.70. The fourth-order valence-corrected chi connectivity index (χ4v) is 3.68. The van der Waals surface area contributed by atoms with Crippen molar-refractivity contribution in [2.45, 2.75) is 12.5 Å². The summed E-state index contributed by atoms with van der Waals surface area (Å²) in [6.45, 7) is 0. The molecule has 0 aliphatic carbocycles. The minimum absolute atomic E-state index is 0.0249. The number of nitro benzene ring substituents is 1. The van der Waals surface area contributed by atoms with Crippen LogP contribution in [0.2, 0.25) is 0 Å².